The van der Waals surface area contributed by atoms with Gasteiger partial charge in [0.1, 0.15) is 5.82 Å². The maximum Gasteiger partial charge on any atom is 0.229 e. The summed E-state index contributed by atoms with van der Waals surface area (Å²) >= 11 is 1.58. The molecule has 6 nitrogen and oxygen atoms in total. The van der Waals surface area contributed by atoms with Gasteiger partial charge in [0, 0.05) is 24.3 Å². The summed E-state index contributed by atoms with van der Waals surface area (Å²) in [6, 6.07) is 8.02. The number of rotatable bonds is 3. The Morgan fingerprint density at radius 2 is 2.24 bits per heavy atom. The van der Waals surface area contributed by atoms with Gasteiger partial charge in [0.15, 0.2) is 4.96 Å². The van der Waals surface area contributed by atoms with Gasteiger partial charge < -0.3 is 9.88 Å². The number of amides is 1. The van der Waals surface area contributed by atoms with Crippen LogP contribution < -0.4 is 0 Å². The fourth-order valence-electron chi connectivity index (χ4n) is 3.60. The minimum absolute atomic E-state index is 0.0311. The molecule has 0 radical (unpaired) electrons. The van der Waals surface area contributed by atoms with Crippen LogP contribution in [0, 0.1) is 0 Å². The van der Waals surface area contributed by atoms with Crippen molar-refractivity contribution in [3.8, 4) is 0 Å². The molecule has 0 saturated carbocycles. The third-order valence-corrected chi connectivity index (χ3v) is 5.54. The second-order valence-electron chi connectivity index (χ2n) is 6.39. The molecule has 1 saturated heterocycles. The van der Waals surface area contributed by atoms with Gasteiger partial charge in [0.05, 0.1) is 29.2 Å². The zero-order valence-corrected chi connectivity index (χ0v) is 14.4. The topological polar surface area (TPSA) is 66.3 Å². The molecule has 1 aliphatic rings. The second kappa shape index (κ2) is 5.70. The number of hydrogen-bond acceptors (Lipinski definition) is 4. The van der Waals surface area contributed by atoms with Gasteiger partial charge in [-0.25, -0.2) is 9.97 Å². The number of aromatic amines is 1. The van der Waals surface area contributed by atoms with Crippen molar-refractivity contribution >= 4 is 33.2 Å². The van der Waals surface area contributed by atoms with Gasteiger partial charge in [-0.15, -0.1) is 11.3 Å². The average Bonchev–Trinajstić information content (AvgIpc) is 3.36. The number of hydrogen-bond donors (Lipinski definition) is 1. The first-order chi connectivity index (χ1) is 12.3. The zero-order chi connectivity index (χ0) is 16.8. The smallest absolute Gasteiger partial charge is 0.229 e. The van der Waals surface area contributed by atoms with Crippen LogP contribution in [0.1, 0.15) is 30.4 Å². The first kappa shape index (κ1) is 14.7. The Balaban J connectivity index is 1.39. The number of likely N-dealkylation sites (tertiary alicyclic amines) is 1. The lowest BCUT2D eigenvalue weighted by atomic mass is 10.2. The minimum Gasteiger partial charge on any atom is -0.340 e. The highest BCUT2D eigenvalue weighted by molar-refractivity contribution is 7.15. The van der Waals surface area contributed by atoms with E-state index in [1.165, 1.54) is 0 Å². The molecule has 1 atom stereocenters. The molecule has 1 N–H and O–H groups in total. The van der Waals surface area contributed by atoms with Crippen LogP contribution in [-0.2, 0) is 11.2 Å². The first-order valence-corrected chi connectivity index (χ1v) is 9.31. The molecule has 1 aromatic carbocycles. The van der Waals surface area contributed by atoms with Gasteiger partial charge in [-0.2, -0.15) is 0 Å². The number of nitrogens with zero attached hydrogens (tertiary/aromatic N) is 4. The van der Waals surface area contributed by atoms with E-state index >= 15 is 0 Å². The molecule has 1 aliphatic heterocycles. The first-order valence-electron chi connectivity index (χ1n) is 8.43. The molecule has 4 aromatic rings. The number of benzene rings is 1. The Morgan fingerprint density at radius 3 is 3.12 bits per heavy atom. The normalized spacial score (nSPS) is 17.8. The number of thiazole rings is 1. The molecular formula is C18H17N5OS. The zero-order valence-electron chi connectivity index (χ0n) is 13.6. The molecular weight excluding hydrogens is 334 g/mol. The molecule has 0 spiro atoms. The third-order valence-electron chi connectivity index (χ3n) is 4.77. The minimum atomic E-state index is 0.0311. The van der Waals surface area contributed by atoms with E-state index < -0.39 is 0 Å². The molecule has 1 unspecified atom stereocenters. The number of fused-ring (bicyclic) bond motifs is 2. The monoisotopic (exact) mass is 351 g/mol. The lowest BCUT2D eigenvalue weighted by molar-refractivity contribution is -0.131. The van der Waals surface area contributed by atoms with Crippen LogP contribution in [-0.4, -0.2) is 36.7 Å². The van der Waals surface area contributed by atoms with Gasteiger partial charge >= 0.3 is 0 Å². The fourth-order valence-corrected chi connectivity index (χ4v) is 4.32. The predicted molar refractivity (Wildman–Crippen MR) is 96.6 cm³/mol. The van der Waals surface area contributed by atoms with Gasteiger partial charge in [0.2, 0.25) is 5.91 Å². The van der Waals surface area contributed by atoms with E-state index in [4.69, 9.17) is 4.98 Å². The molecule has 126 valence electrons. The Kier molecular flexibility index (Phi) is 3.34. The van der Waals surface area contributed by atoms with Crippen molar-refractivity contribution in [3.05, 3.63) is 53.6 Å². The number of imidazole rings is 2. The number of H-pyrrole nitrogens is 1. The largest absolute Gasteiger partial charge is 0.340 e. The van der Waals surface area contributed by atoms with E-state index in [9.17, 15) is 4.79 Å². The van der Waals surface area contributed by atoms with Gasteiger partial charge in [-0.3, -0.25) is 9.20 Å². The standard InChI is InChI=1S/C18H17N5OS/c24-16(10-12-11-22-8-9-25-18(22)19-12)23-7-3-6-15(23)17-20-13-4-1-2-5-14(13)21-17/h1-2,4-5,8-9,11,15H,3,6-7,10H2,(H,20,21). The maximum atomic E-state index is 12.9. The lowest BCUT2D eigenvalue weighted by Crippen LogP contribution is -2.32. The van der Waals surface area contributed by atoms with Gasteiger partial charge in [-0.05, 0) is 25.0 Å². The number of nitrogens with one attached hydrogen (secondary N) is 1. The summed E-state index contributed by atoms with van der Waals surface area (Å²) in [5.41, 5.74) is 2.80. The highest BCUT2D eigenvalue weighted by Gasteiger charge is 2.32. The number of para-hydroxylation sites is 2. The number of carbonyl (C=O) groups is 1. The Hall–Kier alpha value is -2.67. The van der Waals surface area contributed by atoms with Crippen LogP contribution in [0.25, 0.3) is 16.0 Å². The fraction of sp³-hybridized carbons (Fsp3) is 0.278. The quantitative estimate of drug-likeness (QED) is 0.616. The van der Waals surface area contributed by atoms with Crippen LogP contribution >= 0.6 is 11.3 Å². The van der Waals surface area contributed by atoms with Crippen LogP contribution in [0.4, 0.5) is 0 Å². The van der Waals surface area contributed by atoms with Crippen LogP contribution in [0.5, 0.6) is 0 Å². The van der Waals surface area contributed by atoms with Crippen LogP contribution in [0.15, 0.2) is 42.0 Å². The molecule has 1 amide bonds. The molecule has 7 heteroatoms. The summed E-state index contributed by atoms with van der Waals surface area (Å²) in [5.74, 6) is 1.01. The van der Waals surface area contributed by atoms with Crippen LogP contribution in [0.2, 0.25) is 0 Å². The summed E-state index contributed by atoms with van der Waals surface area (Å²) in [5, 5.41) is 1.99. The van der Waals surface area contributed by atoms with Crippen molar-refractivity contribution in [2.45, 2.75) is 25.3 Å². The SMILES string of the molecule is O=C(Cc1cn2ccsc2n1)N1CCCC1c1nc2ccccc2[nH]1. The summed E-state index contributed by atoms with van der Waals surface area (Å²) in [7, 11) is 0. The number of aromatic nitrogens is 4. The van der Waals surface area contributed by atoms with Crippen molar-refractivity contribution in [2.75, 3.05) is 6.54 Å². The summed E-state index contributed by atoms with van der Waals surface area (Å²) in [6.07, 6.45) is 6.20. The van der Waals surface area contributed by atoms with Crippen molar-refractivity contribution in [1.82, 2.24) is 24.3 Å². The van der Waals surface area contributed by atoms with E-state index in [1.807, 2.05) is 51.3 Å². The van der Waals surface area contributed by atoms with Gasteiger partial charge in [-0.1, -0.05) is 12.1 Å². The van der Waals surface area contributed by atoms with E-state index in [-0.39, 0.29) is 11.9 Å². The number of carbonyl (C=O) groups excluding carboxylic acids is 1. The van der Waals surface area contributed by atoms with Crippen molar-refractivity contribution in [2.24, 2.45) is 0 Å². The summed E-state index contributed by atoms with van der Waals surface area (Å²) in [4.78, 5) is 28.3. The van der Waals surface area contributed by atoms with Crippen molar-refractivity contribution in [1.29, 1.82) is 0 Å². The Bertz CT molecular complexity index is 1000. The van der Waals surface area contributed by atoms with E-state index in [1.54, 1.807) is 11.3 Å². The molecule has 5 rings (SSSR count). The van der Waals surface area contributed by atoms with E-state index in [2.05, 4.69) is 9.97 Å². The molecule has 0 bridgehead atoms. The molecule has 25 heavy (non-hydrogen) atoms. The maximum absolute atomic E-state index is 12.9. The third kappa shape index (κ3) is 2.51. The highest BCUT2D eigenvalue weighted by atomic mass is 32.1. The molecule has 4 heterocycles. The lowest BCUT2D eigenvalue weighted by Gasteiger charge is -2.22. The summed E-state index contributed by atoms with van der Waals surface area (Å²) < 4.78 is 1.97. The Labute approximate surface area is 148 Å². The average molecular weight is 351 g/mol. The Morgan fingerprint density at radius 1 is 1.32 bits per heavy atom. The van der Waals surface area contributed by atoms with Crippen molar-refractivity contribution in [3.63, 3.8) is 0 Å². The van der Waals surface area contributed by atoms with E-state index in [0.717, 1.165) is 46.9 Å². The highest BCUT2D eigenvalue weighted by Crippen LogP contribution is 2.32. The second-order valence-corrected chi connectivity index (χ2v) is 7.26. The summed E-state index contributed by atoms with van der Waals surface area (Å²) in [6.45, 7) is 0.781. The predicted octanol–water partition coefficient (Wildman–Crippen LogP) is 3.18. The molecule has 0 aliphatic carbocycles. The van der Waals surface area contributed by atoms with Crippen LogP contribution in [0.3, 0.4) is 0 Å². The van der Waals surface area contributed by atoms with Crippen molar-refractivity contribution < 1.29 is 4.79 Å². The van der Waals surface area contributed by atoms with Gasteiger partial charge in [0.25, 0.3) is 0 Å². The van der Waals surface area contributed by atoms with E-state index in [0.29, 0.717) is 6.42 Å². The molecule has 3 aromatic heterocycles. The molecule has 1 fully saturated rings.